The highest BCUT2D eigenvalue weighted by molar-refractivity contribution is 7.65. The van der Waals surface area contributed by atoms with Gasteiger partial charge in [0.1, 0.15) is 0 Å². The van der Waals surface area contributed by atoms with Gasteiger partial charge in [-0.1, -0.05) is 32.4 Å². The number of fused-ring (bicyclic) bond motifs is 2. The average Bonchev–Trinajstić information content (AvgIpc) is 2.72. The molecule has 102 valence electrons. The van der Waals surface area contributed by atoms with E-state index in [1.165, 1.54) is 0 Å². The summed E-state index contributed by atoms with van der Waals surface area (Å²) in [5.74, 6) is -0.737. The molecule has 0 aromatic heterocycles. The van der Waals surface area contributed by atoms with Crippen molar-refractivity contribution in [2.75, 3.05) is 0 Å². The van der Waals surface area contributed by atoms with E-state index in [9.17, 15) is 9.90 Å². The van der Waals surface area contributed by atoms with Gasteiger partial charge in [-0.2, -0.15) is 0 Å². The third-order valence-corrected chi connectivity index (χ3v) is 8.92. The number of hydrogen-bond donors (Lipinski definition) is 0. The highest BCUT2D eigenvalue weighted by atomic mass is 35.8. The lowest BCUT2D eigenvalue weighted by atomic mass is 9.63. The number of carboxylic acids is 1. The zero-order valence-electron chi connectivity index (χ0n) is 10.4. The molecule has 1 fully saturated rings. The van der Waals surface area contributed by atoms with E-state index < -0.39 is 22.8 Å². The van der Waals surface area contributed by atoms with Crippen LogP contribution in [0.1, 0.15) is 33.1 Å². The Morgan fingerprint density at radius 1 is 1.50 bits per heavy atom. The number of allylic oxidation sites excluding steroid dienone is 2. The second-order valence-electron chi connectivity index (χ2n) is 5.69. The summed E-state index contributed by atoms with van der Waals surface area (Å²) >= 11 is 18.7. The summed E-state index contributed by atoms with van der Waals surface area (Å²) in [4.78, 5) is 11.6. The molecule has 18 heavy (non-hydrogen) atoms. The first-order valence-corrected chi connectivity index (χ1v) is 11.3. The van der Waals surface area contributed by atoms with Crippen LogP contribution in [0, 0.1) is 16.7 Å². The van der Waals surface area contributed by atoms with Crippen molar-refractivity contribution >= 4 is 45.2 Å². The largest absolute Gasteiger partial charge is 0.550 e. The molecule has 2 aliphatic carbocycles. The number of carboxylic acid groups (broad SMARTS) is 1. The normalized spacial score (nSPS) is 40.2. The van der Waals surface area contributed by atoms with Gasteiger partial charge < -0.3 is 9.90 Å². The number of carbonyl (C=O) groups excluding carboxylic acids is 1. The third-order valence-electron chi connectivity index (χ3n) is 4.84. The molecule has 0 radical (unpaired) electrons. The van der Waals surface area contributed by atoms with Gasteiger partial charge in [-0.15, -0.1) is 33.2 Å². The minimum atomic E-state index is -2.98. The zero-order valence-corrected chi connectivity index (χ0v) is 13.6. The van der Waals surface area contributed by atoms with Crippen LogP contribution in [0.4, 0.5) is 0 Å². The molecule has 0 aliphatic heterocycles. The fraction of sp³-hybridized carbons (Fsp3) is 0.750. The SMILES string of the molecule is CCC(C12C=CC(CC1(C)C(=O)[O-])C2)[Si](Cl)(Cl)Cl. The predicted octanol–water partition coefficient (Wildman–Crippen LogP) is 3.14. The standard InChI is InChI=1S/C12H17Cl3O2Si/c1-3-9(18(13,14)15)12-5-4-8(7-12)6-11(12,2)10(16)17/h4-5,8-9H,3,6-7H2,1-2H3,(H,16,17)/p-1. The lowest BCUT2D eigenvalue weighted by Crippen LogP contribution is -2.52. The summed E-state index contributed by atoms with van der Waals surface area (Å²) in [5, 5.41) is 11.6. The fourth-order valence-corrected chi connectivity index (χ4v) is 8.67. The summed E-state index contributed by atoms with van der Waals surface area (Å²) in [6.07, 6.45) is 6.12. The molecule has 0 saturated heterocycles. The van der Waals surface area contributed by atoms with Gasteiger partial charge >= 0.3 is 6.00 Å². The van der Waals surface area contributed by atoms with Crippen molar-refractivity contribution in [3.8, 4) is 0 Å². The van der Waals surface area contributed by atoms with Crippen LogP contribution in [0.15, 0.2) is 12.2 Å². The third kappa shape index (κ3) is 1.86. The minimum Gasteiger partial charge on any atom is -0.550 e. The summed E-state index contributed by atoms with van der Waals surface area (Å²) in [6.45, 7) is 3.71. The van der Waals surface area contributed by atoms with E-state index in [2.05, 4.69) is 6.08 Å². The molecule has 6 heteroatoms. The minimum absolute atomic E-state index is 0.179. The fourth-order valence-electron chi connectivity index (χ4n) is 3.95. The maximum atomic E-state index is 11.6. The molecule has 0 amide bonds. The first kappa shape index (κ1) is 14.7. The van der Waals surface area contributed by atoms with E-state index in [0.29, 0.717) is 12.8 Å². The van der Waals surface area contributed by atoms with Crippen molar-refractivity contribution in [2.45, 2.75) is 38.7 Å². The van der Waals surface area contributed by atoms with Crippen molar-refractivity contribution in [2.24, 2.45) is 16.7 Å². The molecule has 0 aromatic rings. The number of carbonyl (C=O) groups is 1. The Morgan fingerprint density at radius 3 is 2.50 bits per heavy atom. The predicted molar refractivity (Wildman–Crippen MR) is 74.8 cm³/mol. The summed E-state index contributed by atoms with van der Waals surface area (Å²) in [7, 11) is 0. The highest BCUT2D eigenvalue weighted by Crippen LogP contribution is 2.69. The van der Waals surface area contributed by atoms with Gasteiger partial charge in [0.15, 0.2) is 0 Å². The van der Waals surface area contributed by atoms with Gasteiger partial charge in [0.25, 0.3) is 0 Å². The van der Waals surface area contributed by atoms with Gasteiger partial charge in [0.05, 0.1) is 0 Å². The van der Waals surface area contributed by atoms with E-state index in [0.717, 1.165) is 6.42 Å². The molecule has 4 unspecified atom stereocenters. The summed E-state index contributed by atoms with van der Waals surface area (Å²) in [6, 6.07) is -2.98. The average molecular weight is 327 g/mol. The smallest absolute Gasteiger partial charge is 0.345 e. The van der Waals surface area contributed by atoms with Crippen LogP contribution in [-0.2, 0) is 4.79 Å². The van der Waals surface area contributed by atoms with Gasteiger partial charge in [-0.3, -0.25) is 0 Å². The molecule has 2 nitrogen and oxygen atoms in total. The molecular weight excluding hydrogens is 311 g/mol. The van der Waals surface area contributed by atoms with E-state index in [1.807, 2.05) is 13.0 Å². The van der Waals surface area contributed by atoms with Gasteiger partial charge in [0.2, 0.25) is 0 Å². The Bertz CT molecular complexity index is 407. The molecule has 2 aliphatic rings. The first-order valence-electron chi connectivity index (χ1n) is 6.15. The molecule has 0 heterocycles. The number of aliphatic carboxylic acids is 1. The lowest BCUT2D eigenvalue weighted by Gasteiger charge is -2.49. The van der Waals surface area contributed by atoms with E-state index in [1.54, 1.807) is 6.92 Å². The molecule has 2 rings (SSSR count). The zero-order chi connectivity index (χ0) is 13.8. The van der Waals surface area contributed by atoms with E-state index in [4.69, 9.17) is 33.2 Å². The molecule has 0 aromatic carbocycles. The summed E-state index contributed by atoms with van der Waals surface area (Å²) < 4.78 is 0. The maximum absolute atomic E-state index is 11.6. The van der Waals surface area contributed by atoms with Crippen molar-refractivity contribution in [3.05, 3.63) is 12.2 Å². The van der Waals surface area contributed by atoms with E-state index in [-0.39, 0.29) is 11.5 Å². The molecule has 0 N–H and O–H groups in total. The molecule has 4 atom stereocenters. The molecule has 1 saturated carbocycles. The Morgan fingerprint density at radius 2 is 2.11 bits per heavy atom. The molecular formula is C12H16Cl3O2Si-. The van der Waals surface area contributed by atoms with Crippen LogP contribution < -0.4 is 5.11 Å². The van der Waals surface area contributed by atoms with Crippen molar-refractivity contribution in [3.63, 3.8) is 0 Å². The van der Waals surface area contributed by atoms with Gasteiger partial charge in [-0.05, 0) is 18.8 Å². The monoisotopic (exact) mass is 325 g/mol. The highest BCUT2D eigenvalue weighted by Gasteiger charge is 2.64. The van der Waals surface area contributed by atoms with Crippen LogP contribution in [0.5, 0.6) is 0 Å². The van der Waals surface area contributed by atoms with Gasteiger partial charge in [0, 0.05) is 22.3 Å². The summed E-state index contributed by atoms with van der Waals surface area (Å²) in [5.41, 5.74) is -1.63. The maximum Gasteiger partial charge on any atom is 0.345 e. The van der Waals surface area contributed by atoms with E-state index >= 15 is 0 Å². The topological polar surface area (TPSA) is 40.1 Å². The second kappa shape index (κ2) is 4.40. The van der Waals surface area contributed by atoms with Crippen LogP contribution in [-0.4, -0.2) is 12.0 Å². The number of hydrogen-bond acceptors (Lipinski definition) is 2. The molecule has 2 bridgehead atoms. The van der Waals surface area contributed by atoms with Crippen LogP contribution in [0.25, 0.3) is 0 Å². The van der Waals surface area contributed by atoms with Crippen molar-refractivity contribution in [1.29, 1.82) is 0 Å². The van der Waals surface area contributed by atoms with Crippen molar-refractivity contribution < 1.29 is 9.90 Å². The first-order chi connectivity index (χ1) is 8.17. The number of rotatable bonds is 4. The van der Waals surface area contributed by atoms with Crippen LogP contribution >= 0.6 is 33.2 Å². The van der Waals surface area contributed by atoms with Crippen molar-refractivity contribution in [1.82, 2.24) is 0 Å². The number of halogens is 3. The Hall–Kier alpha value is 0.297. The Kier molecular flexibility index (Phi) is 3.60. The molecule has 0 spiro atoms. The van der Waals surface area contributed by atoms with Crippen LogP contribution in [0.3, 0.4) is 0 Å². The van der Waals surface area contributed by atoms with Crippen LogP contribution in [0.2, 0.25) is 5.54 Å². The Labute approximate surface area is 122 Å². The van der Waals surface area contributed by atoms with Gasteiger partial charge in [-0.25, -0.2) is 0 Å². The lowest BCUT2D eigenvalue weighted by molar-refractivity contribution is -0.322. The Balaban J connectivity index is 2.51. The quantitative estimate of drug-likeness (QED) is 0.452. The second-order valence-corrected chi connectivity index (χ2v) is 14.6.